The van der Waals surface area contributed by atoms with Gasteiger partial charge in [-0.1, -0.05) is 23.7 Å². The van der Waals surface area contributed by atoms with E-state index in [1.54, 1.807) is 20.8 Å². The number of nitrogens with two attached hydrogens (primary N) is 3. The van der Waals surface area contributed by atoms with Crippen molar-refractivity contribution in [3.05, 3.63) is 40.7 Å². The van der Waals surface area contributed by atoms with E-state index >= 15 is 0 Å². The summed E-state index contributed by atoms with van der Waals surface area (Å²) in [5, 5.41) is 10.5. The number of halogens is 1. The summed E-state index contributed by atoms with van der Waals surface area (Å²) in [6.45, 7) is 10.2. The van der Waals surface area contributed by atoms with Gasteiger partial charge in [0, 0.05) is 26.2 Å². The van der Waals surface area contributed by atoms with Gasteiger partial charge in [-0.05, 0) is 70.6 Å². The Morgan fingerprint density at radius 3 is 1.76 bits per heavy atom. The fraction of sp³-hybridized carbons (Fsp3) is 0.615. The SMILES string of the molecule is CC(C)(C)OC(=O)/N=C(\NCCCCc1ccc(OCCOCCOC(=O)NCCCCNC(=O)OCCOCCOCCOCCN)cc1)NC(=O)c1nc(Cl)c(N)nc1N. The minimum absolute atomic E-state index is 0.0835. The molecule has 4 amide bonds. The number of ether oxygens (including phenoxy) is 8. The number of guanidine groups is 1. The van der Waals surface area contributed by atoms with Crippen LogP contribution in [0.3, 0.4) is 0 Å². The third kappa shape index (κ3) is 26.2. The van der Waals surface area contributed by atoms with Gasteiger partial charge in [0.2, 0.25) is 5.96 Å². The molecule has 1 aromatic carbocycles. The highest BCUT2D eigenvalue weighted by atomic mass is 35.5. The van der Waals surface area contributed by atoms with E-state index in [0.29, 0.717) is 97.4 Å². The number of benzene rings is 1. The number of nitrogens with one attached hydrogen (secondary N) is 4. The number of hydrogen-bond acceptors (Lipinski definition) is 17. The van der Waals surface area contributed by atoms with Crippen LogP contribution in [-0.2, 0) is 39.6 Å². The summed E-state index contributed by atoms with van der Waals surface area (Å²) in [5.74, 6) is -0.651. The summed E-state index contributed by atoms with van der Waals surface area (Å²) in [4.78, 5) is 60.4. The molecule has 10 N–H and O–H groups in total. The summed E-state index contributed by atoms with van der Waals surface area (Å²) in [6, 6.07) is 7.65. The Bertz CT molecular complexity index is 1650. The molecule has 0 unspecified atom stereocenters. The van der Waals surface area contributed by atoms with E-state index < -0.39 is 29.8 Å². The van der Waals surface area contributed by atoms with Crippen LogP contribution < -0.4 is 43.2 Å². The van der Waals surface area contributed by atoms with Crippen LogP contribution in [0, 0.1) is 0 Å². The first-order valence-corrected chi connectivity index (χ1v) is 20.6. The van der Waals surface area contributed by atoms with Crippen LogP contribution in [0.5, 0.6) is 5.75 Å². The van der Waals surface area contributed by atoms with Gasteiger partial charge < -0.3 is 71.0 Å². The lowest BCUT2D eigenvalue weighted by Gasteiger charge is -2.18. The first-order chi connectivity index (χ1) is 29.8. The van der Waals surface area contributed by atoms with Gasteiger partial charge in [0.05, 0.1) is 52.9 Å². The first kappa shape index (κ1) is 52.9. The standard InChI is InChI=1S/C39H63ClN10O12/c1-39(2,3)62-38(54)50-35(49-34(51)30-32(42)48-33(43)31(40)47-30)44-14-5-4-8-28-9-11-29(12-10-28)59-25-22-58-24-27-61-37(53)46-16-7-6-15-45-36(52)60-26-23-57-21-20-56-19-18-55-17-13-41/h9-12H,4-8,13-27,41H2,1-3H3,(H,45,52)(H,46,53)(H4,42,43,48)(H2,44,49,50,51,54). The van der Waals surface area contributed by atoms with Crippen molar-refractivity contribution in [2.45, 2.75) is 58.5 Å². The molecule has 0 aliphatic rings. The average Bonchev–Trinajstić information content (AvgIpc) is 3.21. The molecular formula is C39H63ClN10O12. The first-order valence-electron chi connectivity index (χ1n) is 20.3. The van der Waals surface area contributed by atoms with E-state index in [4.69, 9.17) is 66.7 Å². The quantitative estimate of drug-likeness (QED) is 0.0267. The van der Waals surface area contributed by atoms with Crippen molar-refractivity contribution < 1.29 is 57.1 Å². The molecule has 0 fully saturated rings. The zero-order chi connectivity index (χ0) is 45.4. The Hall–Kier alpha value is -5.26. The van der Waals surface area contributed by atoms with Crippen molar-refractivity contribution in [2.24, 2.45) is 10.7 Å². The van der Waals surface area contributed by atoms with Gasteiger partial charge in [0.25, 0.3) is 5.91 Å². The maximum absolute atomic E-state index is 12.9. The number of amides is 4. The van der Waals surface area contributed by atoms with Crippen LogP contribution in [0.25, 0.3) is 0 Å². The number of anilines is 2. The van der Waals surface area contributed by atoms with Crippen molar-refractivity contribution in [1.29, 1.82) is 0 Å². The molecule has 0 saturated carbocycles. The number of hydrogen-bond donors (Lipinski definition) is 7. The van der Waals surface area contributed by atoms with Gasteiger partial charge in [-0.2, -0.15) is 0 Å². The second kappa shape index (κ2) is 31.6. The number of aryl methyl sites for hydroxylation is 1. The fourth-order valence-electron chi connectivity index (χ4n) is 4.74. The van der Waals surface area contributed by atoms with Crippen molar-refractivity contribution >= 4 is 53.4 Å². The molecule has 2 rings (SSSR count). The second-order valence-corrected chi connectivity index (χ2v) is 14.3. The molecule has 0 aliphatic heterocycles. The van der Waals surface area contributed by atoms with Gasteiger partial charge in [0.1, 0.15) is 31.2 Å². The van der Waals surface area contributed by atoms with Crippen molar-refractivity contribution in [3.63, 3.8) is 0 Å². The predicted octanol–water partition coefficient (Wildman–Crippen LogP) is 2.56. The van der Waals surface area contributed by atoms with Gasteiger partial charge in [-0.15, -0.1) is 4.99 Å². The highest BCUT2D eigenvalue weighted by molar-refractivity contribution is 6.31. The van der Waals surface area contributed by atoms with E-state index in [1.165, 1.54) is 0 Å². The number of aromatic nitrogens is 2. The Labute approximate surface area is 366 Å². The molecule has 0 spiro atoms. The number of rotatable bonds is 29. The lowest BCUT2D eigenvalue weighted by atomic mass is 10.1. The molecule has 1 aromatic heterocycles. The van der Waals surface area contributed by atoms with Gasteiger partial charge in [-0.25, -0.2) is 24.4 Å². The molecule has 0 atom stereocenters. The van der Waals surface area contributed by atoms with E-state index in [2.05, 4.69) is 36.2 Å². The number of carbonyl (C=O) groups is 4. The molecule has 0 bridgehead atoms. The number of nitrogen functional groups attached to an aromatic ring is 2. The number of carbonyl (C=O) groups excluding carboxylic acids is 4. The minimum Gasteiger partial charge on any atom is -0.491 e. The summed E-state index contributed by atoms with van der Waals surface area (Å²) in [5.41, 5.74) is 16.7. The summed E-state index contributed by atoms with van der Waals surface area (Å²) >= 11 is 5.91. The smallest absolute Gasteiger partial charge is 0.437 e. The molecule has 2 aromatic rings. The van der Waals surface area contributed by atoms with E-state index in [9.17, 15) is 19.2 Å². The second-order valence-electron chi connectivity index (χ2n) is 14.0. The van der Waals surface area contributed by atoms with Gasteiger partial charge >= 0.3 is 18.3 Å². The van der Waals surface area contributed by atoms with E-state index in [-0.39, 0.29) is 54.9 Å². The molecule has 0 radical (unpaired) electrons. The normalized spacial score (nSPS) is 11.4. The average molecular weight is 899 g/mol. The fourth-order valence-corrected chi connectivity index (χ4v) is 4.87. The molecule has 0 saturated heterocycles. The molecule has 1 heterocycles. The maximum Gasteiger partial charge on any atom is 0.437 e. The molecular weight excluding hydrogens is 836 g/mol. The number of aliphatic imine (C=N–C) groups is 1. The van der Waals surface area contributed by atoms with Crippen molar-refractivity contribution in [3.8, 4) is 5.75 Å². The topological polar surface area (TPSA) is 306 Å². The van der Waals surface area contributed by atoms with Crippen LogP contribution >= 0.6 is 11.6 Å². The zero-order valence-corrected chi connectivity index (χ0v) is 36.6. The zero-order valence-electron chi connectivity index (χ0n) is 35.8. The lowest BCUT2D eigenvalue weighted by Crippen LogP contribution is -2.43. The third-order valence-corrected chi connectivity index (χ3v) is 7.90. The molecule has 22 nitrogen and oxygen atoms in total. The molecule has 62 heavy (non-hydrogen) atoms. The van der Waals surface area contributed by atoms with Crippen LogP contribution in [0.15, 0.2) is 29.3 Å². The highest BCUT2D eigenvalue weighted by Crippen LogP contribution is 2.17. The maximum atomic E-state index is 12.9. The summed E-state index contributed by atoms with van der Waals surface area (Å²) < 4.78 is 42.5. The van der Waals surface area contributed by atoms with Crippen LogP contribution in [0.2, 0.25) is 5.15 Å². The largest absolute Gasteiger partial charge is 0.491 e. The molecule has 348 valence electrons. The number of alkyl carbamates (subject to hydrolysis) is 2. The van der Waals surface area contributed by atoms with Gasteiger partial charge in [-0.3, -0.25) is 10.1 Å². The summed E-state index contributed by atoms with van der Waals surface area (Å²) in [7, 11) is 0. The van der Waals surface area contributed by atoms with Crippen LogP contribution in [0.4, 0.5) is 26.0 Å². The monoisotopic (exact) mass is 898 g/mol. The van der Waals surface area contributed by atoms with Crippen LogP contribution in [-0.4, -0.2) is 145 Å². The Kier molecular flexibility index (Phi) is 26.9. The van der Waals surface area contributed by atoms with E-state index in [1.807, 2.05) is 24.3 Å². The number of nitrogens with zero attached hydrogens (tertiary/aromatic N) is 3. The van der Waals surface area contributed by atoms with Crippen LogP contribution in [0.1, 0.15) is 62.5 Å². The third-order valence-electron chi connectivity index (χ3n) is 7.62. The molecule has 23 heteroatoms. The van der Waals surface area contributed by atoms with E-state index in [0.717, 1.165) is 18.4 Å². The Morgan fingerprint density at radius 2 is 1.19 bits per heavy atom. The van der Waals surface area contributed by atoms with Gasteiger partial charge in [0.15, 0.2) is 22.5 Å². The highest BCUT2D eigenvalue weighted by Gasteiger charge is 2.20. The lowest BCUT2D eigenvalue weighted by molar-refractivity contribution is 0.00677. The summed E-state index contributed by atoms with van der Waals surface area (Å²) in [6.07, 6.45) is 1.48. The number of unbranched alkanes of at least 4 members (excludes halogenated alkanes) is 2. The Balaban J connectivity index is 1.50. The van der Waals surface area contributed by atoms with Crippen molar-refractivity contribution in [2.75, 3.05) is 110 Å². The van der Waals surface area contributed by atoms with Crippen molar-refractivity contribution in [1.82, 2.24) is 31.2 Å². The molecule has 0 aliphatic carbocycles. The predicted molar refractivity (Wildman–Crippen MR) is 230 cm³/mol. The Morgan fingerprint density at radius 1 is 0.677 bits per heavy atom. The minimum atomic E-state index is -0.908.